The van der Waals surface area contributed by atoms with Gasteiger partial charge < -0.3 is 4.74 Å². The van der Waals surface area contributed by atoms with E-state index in [9.17, 15) is 0 Å². The lowest BCUT2D eigenvalue weighted by Gasteiger charge is -2.34. The second-order valence-electron chi connectivity index (χ2n) is 6.75. The van der Waals surface area contributed by atoms with Gasteiger partial charge in [-0.2, -0.15) is 0 Å². The maximum atomic E-state index is 5.32. The Morgan fingerprint density at radius 1 is 0.963 bits per heavy atom. The average molecular weight is 381 g/mol. The molecule has 0 unspecified atom stereocenters. The van der Waals surface area contributed by atoms with Gasteiger partial charge in [-0.15, -0.1) is 11.3 Å². The Kier molecular flexibility index (Phi) is 5.77. The van der Waals surface area contributed by atoms with Crippen LogP contribution < -0.4 is 4.74 Å². The molecule has 5 nitrogen and oxygen atoms in total. The van der Waals surface area contributed by atoms with Crippen molar-refractivity contribution < 1.29 is 4.74 Å². The highest BCUT2D eigenvalue weighted by atomic mass is 32.1. The quantitative estimate of drug-likeness (QED) is 0.654. The Morgan fingerprint density at radius 3 is 2.44 bits per heavy atom. The molecular weight excluding hydrogens is 356 g/mol. The Hall–Kier alpha value is -2.28. The molecule has 140 valence electrons. The molecule has 0 radical (unpaired) electrons. The summed E-state index contributed by atoms with van der Waals surface area (Å²) in [7, 11) is 1.69. The third-order valence-corrected chi connectivity index (χ3v) is 5.77. The fourth-order valence-electron chi connectivity index (χ4n) is 3.32. The molecule has 3 aromatic rings. The first-order valence-electron chi connectivity index (χ1n) is 9.23. The third kappa shape index (κ3) is 4.71. The van der Waals surface area contributed by atoms with Gasteiger partial charge in [0.2, 0.25) is 0 Å². The monoisotopic (exact) mass is 380 g/mol. The second-order valence-corrected chi connectivity index (χ2v) is 7.61. The van der Waals surface area contributed by atoms with Crippen molar-refractivity contribution in [3.8, 4) is 16.3 Å². The summed E-state index contributed by atoms with van der Waals surface area (Å²) < 4.78 is 5.32. The van der Waals surface area contributed by atoms with E-state index in [0.717, 1.165) is 67.0 Å². The number of thiazole rings is 1. The van der Waals surface area contributed by atoms with Crippen LogP contribution in [0.3, 0.4) is 0 Å². The maximum Gasteiger partial charge on any atom is 0.123 e. The first kappa shape index (κ1) is 18.1. The lowest BCUT2D eigenvalue weighted by Crippen LogP contribution is -2.45. The number of benzene rings is 1. The number of aromatic nitrogens is 2. The number of rotatable bonds is 6. The number of ether oxygens (including phenoxy) is 1. The van der Waals surface area contributed by atoms with Crippen molar-refractivity contribution in [3.05, 3.63) is 65.4 Å². The molecule has 0 aliphatic carbocycles. The fraction of sp³-hybridized carbons (Fsp3) is 0.333. The van der Waals surface area contributed by atoms with Crippen molar-refractivity contribution in [1.82, 2.24) is 19.8 Å². The molecule has 1 aliphatic rings. The normalized spacial score (nSPS) is 15.7. The van der Waals surface area contributed by atoms with Crippen molar-refractivity contribution in [2.75, 3.05) is 33.3 Å². The Bertz CT molecular complexity index is 859. The van der Waals surface area contributed by atoms with Gasteiger partial charge in [0, 0.05) is 56.4 Å². The lowest BCUT2D eigenvalue weighted by atomic mass is 10.2. The topological polar surface area (TPSA) is 41.5 Å². The number of methoxy groups -OCH3 is 1. The van der Waals surface area contributed by atoms with Crippen molar-refractivity contribution in [3.63, 3.8) is 0 Å². The molecule has 0 N–H and O–H groups in total. The van der Waals surface area contributed by atoms with E-state index in [0.29, 0.717) is 0 Å². The fourth-order valence-corrected chi connectivity index (χ4v) is 4.13. The van der Waals surface area contributed by atoms with Crippen LogP contribution in [0.2, 0.25) is 0 Å². The van der Waals surface area contributed by atoms with Gasteiger partial charge in [-0.05, 0) is 24.3 Å². The Morgan fingerprint density at radius 2 is 1.74 bits per heavy atom. The zero-order chi connectivity index (χ0) is 18.5. The smallest absolute Gasteiger partial charge is 0.123 e. The molecule has 0 saturated carbocycles. The summed E-state index contributed by atoms with van der Waals surface area (Å²) >= 11 is 1.70. The third-order valence-electron chi connectivity index (χ3n) is 4.83. The van der Waals surface area contributed by atoms with E-state index in [1.165, 1.54) is 0 Å². The summed E-state index contributed by atoms with van der Waals surface area (Å²) in [6.07, 6.45) is 1.87. The molecule has 3 heterocycles. The van der Waals surface area contributed by atoms with Crippen molar-refractivity contribution in [1.29, 1.82) is 0 Å². The van der Waals surface area contributed by atoms with Gasteiger partial charge in [-0.3, -0.25) is 14.8 Å². The molecule has 0 bridgehead atoms. The predicted molar refractivity (Wildman–Crippen MR) is 109 cm³/mol. The summed E-state index contributed by atoms with van der Waals surface area (Å²) in [5.74, 6) is 0.869. The van der Waals surface area contributed by atoms with E-state index >= 15 is 0 Å². The van der Waals surface area contributed by atoms with Crippen LogP contribution in [0.5, 0.6) is 5.75 Å². The minimum Gasteiger partial charge on any atom is -0.497 e. The standard InChI is InChI=1S/C21H24N4OS/c1-26-20-7-4-5-17(13-20)21-23-19(16-27-21)15-25-11-9-24(10-12-25)14-18-6-2-3-8-22-18/h2-8,13,16H,9-12,14-15H2,1H3. The number of nitrogens with zero attached hydrogens (tertiary/aromatic N) is 4. The van der Waals surface area contributed by atoms with Crippen LogP contribution in [0.4, 0.5) is 0 Å². The summed E-state index contributed by atoms with van der Waals surface area (Å²) in [6, 6.07) is 14.2. The number of pyridine rings is 1. The molecular formula is C21H24N4OS. The first-order valence-corrected chi connectivity index (χ1v) is 10.1. The molecule has 0 amide bonds. The molecule has 6 heteroatoms. The Labute approximate surface area is 164 Å². The van der Waals surface area contributed by atoms with Crippen LogP contribution in [0.15, 0.2) is 54.0 Å². The van der Waals surface area contributed by atoms with Gasteiger partial charge in [0.1, 0.15) is 10.8 Å². The zero-order valence-electron chi connectivity index (χ0n) is 15.5. The number of hydrogen-bond donors (Lipinski definition) is 0. The highest BCUT2D eigenvalue weighted by molar-refractivity contribution is 7.13. The second kappa shape index (κ2) is 8.61. The number of hydrogen-bond acceptors (Lipinski definition) is 6. The largest absolute Gasteiger partial charge is 0.497 e. The molecule has 1 aromatic carbocycles. The molecule has 4 rings (SSSR count). The minimum atomic E-state index is 0.869. The highest BCUT2D eigenvalue weighted by Crippen LogP contribution is 2.27. The zero-order valence-corrected chi connectivity index (χ0v) is 16.4. The van der Waals surface area contributed by atoms with Crippen molar-refractivity contribution >= 4 is 11.3 Å². The van der Waals surface area contributed by atoms with Gasteiger partial charge in [-0.1, -0.05) is 18.2 Å². The van der Waals surface area contributed by atoms with Gasteiger partial charge >= 0.3 is 0 Å². The van der Waals surface area contributed by atoms with Crippen LogP contribution in [0.1, 0.15) is 11.4 Å². The van der Waals surface area contributed by atoms with Crippen LogP contribution in [-0.4, -0.2) is 53.1 Å². The molecule has 0 atom stereocenters. The average Bonchev–Trinajstić information content (AvgIpc) is 3.19. The van der Waals surface area contributed by atoms with E-state index < -0.39 is 0 Å². The van der Waals surface area contributed by atoms with Crippen LogP contribution in [0, 0.1) is 0 Å². The SMILES string of the molecule is COc1cccc(-c2nc(CN3CCN(Cc4ccccn4)CC3)cs2)c1. The van der Waals surface area contributed by atoms with Crippen LogP contribution in [0.25, 0.3) is 10.6 Å². The van der Waals surface area contributed by atoms with Gasteiger partial charge in [0.05, 0.1) is 18.5 Å². The molecule has 0 spiro atoms. The summed E-state index contributed by atoms with van der Waals surface area (Å²) in [4.78, 5) is 14.2. The Balaban J connectivity index is 1.31. The molecule has 27 heavy (non-hydrogen) atoms. The van der Waals surface area contributed by atoms with Gasteiger partial charge in [0.25, 0.3) is 0 Å². The first-order chi connectivity index (χ1) is 13.3. The summed E-state index contributed by atoms with van der Waals surface area (Å²) in [5, 5.41) is 3.23. The highest BCUT2D eigenvalue weighted by Gasteiger charge is 2.18. The molecule has 1 fully saturated rings. The van der Waals surface area contributed by atoms with Crippen molar-refractivity contribution in [2.45, 2.75) is 13.1 Å². The predicted octanol–water partition coefficient (Wildman–Crippen LogP) is 3.53. The lowest BCUT2D eigenvalue weighted by molar-refractivity contribution is 0.120. The van der Waals surface area contributed by atoms with E-state index in [-0.39, 0.29) is 0 Å². The molecule has 2 aromatic heterocycles. The van der Waals surface area contributed by atoms with E-state index in [1.807, 2.05) is 30.5 Å². The van der Waals surface area contributed by atoms with Crippen LogP contribution >= 0.6 is 11.3 Å². The van der Waals surface area contributed by atoms with E-state index in [2.05, 4.69) is 38.4 Å². The van der Waals surface area contributed by atoms with E-state index in [4.69, 9.17) is 9.72 Å². The minimum absolute atomic E-state index is 0.869. The van der Waals surface area contributed by atoms with Crippen molar-refractivity contribution in [2.24, 2.45) is 0 Å². The van der Waals surface area contributed by atoms with Gasteiger partial charge in [0.15, 0.2) is 0 Å². The molecule has 1 saturated heterocycles. The van der Waals surface area contributed by atoms with Crippen LogP contribution in [-0.2, 0) is 13.1 Å². The molecule has 1 aliphatic heterocycles. The summed E-state index contributed by atoms with van der Waals surface area (Å²) in [5.41, 5.74) is 3.41. The number of piperazine rings is 1. The summed E-state index contributed by atoms with van der Waals surface area (Å²) in [6.45, 7) is 6.13. The maximum absolute atomic E-state index is 5.32. The van der Waals surface area contributed by atoms with E-state index in [1.54, 1.807) is 18.4 Å². The van der Waals surface area contributed by atoms with Gasteiger partial charge in [-0.25, -0.2) is 4.98 Å².